The van der Waals surface area contributed by atoms with E-state index in [0.717, 1.165) is 22.3 Å². The molecule has 0 aromatic heterocycles. The van der Waals surface area contributed by atoms with Crippen molar-refractivity contribution in [2.24, 2.45) is 0 Å². The second-order valence-electron chi connectivity index (χ2n) is 8.34. The number of carboxylic acids is 1. The molecule has 184 valence electrons. The van der Waals surface area contributed by atoms with E-state index in [2.05, 4.69) is 10.6 Å². The molecule has 2 aromatic carbocycles. The van der Waals surface area contributed by atoms with Gasteiger partial charge in [0.25, 0.3) is 0 Å². The Hall–Kier alpha value is -3.90. The quantitative estimate of drug-likeness (QED) is 0.342. The van der Waals surface area contributed by atoms with Crippen molar-refractivity contribution in [3.8, 4) is 17.2 Å². The number of amides is 2. The summed E-state index contributed by atoms with van der Waals surface area (Å²) < 4.78 is 5.51. The summed E-state index contributed by atoms with van der Waals surface area (Å²) in [6.07, 6.45) is 0.581. The highest BCUT2D eigenvalue weighted by molar-refractivity contribution is 5.89. The Bertz CT molecular complexity index is 1050. The number of aliphatic hydroxyl groups excluding tert-OH is 1. The Morgan fingerprint density at radius 2 is 1.57 bits per heavy atom. The second-order valence-corrected chi connectivity index (χ2v) is 8.34. The van der Waals surface area contributed by atoms with Crippen LogP contribution in [-0.4, -0.2) is 53.5 Å². The fraction of sp³-hybridized carbons (Fsp3) is 0.385. The molecule has 4 N–H and O–H groups in total. The van der Waals surface area contributed by atoms with Gasteiger partial charge in [-0.3, -0.25) is 4.79 Å². The number of nitrogens with one attached hydrogen (secondary N) is 2. The number of nitriles is 1. The molecule has 1 aliphatic carbocycles. The number of rotatable bonds is 12. The van der Waals surface area contributed by atoms with Gasteiger partial charge in [-0.2, -0.15) is 5.26 Å². The van der Waals surface area contributed by atoms with Crippen molar-refractivity contribution in [2.75, 3.05) is 13.2 Å². The molecule has 0 bridgehead atoms. The van der Waals surface area contributed by atoms with E-state index in [-0.39, 0.29) is 25.4 Å². The van der Waals surface area contributed by atoms with Gasteiger partial charge in [0.2, 0.25) is 5.91 Å². The van der Waals surface area contributed by atoms with Crippen LogP contribution in [-0.2, 0) is 14.3 Å². The van der Waals surface area contributed by atoms with E-state index < -0.39 is 36.7 Å². The standard InChI is InChI=1S/C26H29N3O6/c27-14-7-1-2-12-22(24(31)28-23(13-15-30)25(32)33)29-26(34)35-16-21-19-10-5-3-8-17(19)18-9-4-6-11-20(18)21/h3-6,8-11,21-23,30H,1-2,7,12-13,15-16H2,(H,28,31)(H,29,34)(H,32,33). The van der Waals surface area contributed by atoms with E-state index in [1.165, 1.54) is 0 Å². The maximum atomic E-state index is 12.7. The van der Waals surface area contributed by atoms with Crippen molar-refractivity contribution in [3.63, 3.8) is 0 Å². The van der Waals surface area contributed by atoms with Crippen molar-refractivity contribution in [3.05, 3.63) is 59.7 Å². The predicted octanol–water partition coefficient (Wildman–Crippen LogP) is 2.93. The summed E-state index contributed by atoms with van der Waals surface area (Å²) in [4.78, 5) is 36.7. The minimum absolute atomic E-state index is 0.0743. The Kier molecular flexibility index (Phi) is 9.21. The van der Waals surface area contributed by atoms with E-state index in [0.29, 0.717) is 19.3 Å². The number of alkyl carbamates (subject to hydrolysis) is 1. The number of hydrogen-bond acceptors (Lipinski definition) is 6. The monoisotopic (exact) mass is 479 g/mol. The molecule has 9 nitrogen and oxygen atoms in total. The summed E-state index contributed by atoms with van der Waals surface area (Å²) in [5.74, 6) is -2.11. The SMILES string of the molecule is N#CCCCCC(NC(=O)OCC1c2ccccc2-c2ccccc21)C(=O)NC(CCO)C(=O)O. The largest absolute Gasteiger partial charge is 0.480 e. The molecule has 0 saturated heterocycles. The lowest BCUT2D eigenvalue weighted by Crippen LogP contribution is -2.52. The van der Waals surface area contributed by atoms with E-state index in [4.69, 9.17) is 15.1 Å². The topological polar surface area (TPSA) is 149 Å². The van der Waals surface area contributed by atoms with Crippen molar-refractivity contribution in [1.29, 1.82) is 5.26 Å². The highest BCUT2D eigenvalue weighted by atomic mass is 16.5. The van der Waals surface area contributed by atoms with Crippen LogP contribution in [0.1, 0.15) is 49.1 Å². The van der Waals surface area contributed by atoms with Gasteiger partial charge in [0.15, 0.2) is 0 Å². The average Bonchev–Trinajstić information content (AvgIpc) is 3.18. The minimum Gasteiger partial charge on any atom is -0.480 e. The van der Waals surface area contributed by atoms with Gasteiger partial charge in [-0.25, -0.2) is 9.59 Å². The Balaban J connectivity index is 1.65. The molecular formula is C26H29N3O6. The molecule has 0 aliphatic heterocycles. The molecule has 0 heterocycles. The van der Waals surface area contributed by atoms with Gasteiger partial charge in [0.05, 0.1) is 6.07 Å². The highest BCUT2D eigenvalue weighted by Crippen LogP contribution is 2.44. The van der Waals surface area contributed by atoms with E-state index in [1.54, 1.807) is 0 Å². The molecule has 3 rings (SSSR count). The normalized spacial score (nSPS) is 13.6. The van der Waals surface area contributed by atoms with Crippen molar-refractivity contribution in [2.45, 2.75) is 50.1 Å². The van der Waals surface area contributed by atoms with Crippen molar-refractivity contribution < 1.29 is 29.3 Å². The fourth-order valence-corrected chi connectivity index (χ4v) is 4.26. The summed E-state index contributed by atoms with van der Waals surface area (Å²) >= 11 is 0. The summed E-state index contributed by atoms with van der Waals surface area (Å²) in [6.45, 7) is -0.339. The van der Waals surface area contributed by atoms with Crippen LogP contribution in [0, 0.1) is 11.3 Å². The zero-order valence-electron chi connectivity index (χ0n) is 19.3. The van der Waals surface area contributed by atoms with Crippen LogP contribution in [0.5, 0.6) is 0 Å². The van der Waals surface area contributed by atoms with Crippen LogP contribution < -0.4 is 10.6 Å². The number of unbranched alkanes of at least 4 members (excludes halogenated alkanes) is 2. The number of nitrogens with zero attached hydrogens (tertiary/aromatic N) is 1. The molecule has 9 heteroatoms. The molecule has 2 aromatic rings. The number of benzene rings is 2. The summed E-state index contributed by atoms with van der Waals surface area (Å²) in [7, 11) is 0. The first-order chi connectivity index (χ1) is 17.0. The van der Waals surface area contributed by atoms with Crippen LogP contribution in [0.4, 0.5) is 4.79 Å². The first kappa shape index (κ1) is 25.7. The summed E-state index contributed by atoms with van der Waals surface area (Å²) in [6, 6.07) is 15.6. The van der Waals surface area contributed by atoms with Gasteiger partial charge in [-0.15, -0.1) is 0 Å². The first-order valence-corrected chi connectivity index (χ1v) is 11.6. The molecular weight excluding hydrogens is 450 g/mol. The second kappa shape index (κ2) is 12.5. The molecule has 0 spiro atoms. The van der Waals surface area contributed by atoms with Crippen LogP contribution in [0.3, 0.4) is 0 Å². The molecule has 2 unspecified atom stereocenters. The molecule has 0 saturated carbocycles. The number of aliphatic carboxylic acids is 1. The van der Waals surface area contributed by atoms with Gasteiger partial charge >= 0.3 is 12.1 Å². The number of carboxylic acid groups (broad SMARTS) is 1. The van der Waals surface area contributed by atoms with Crippen LogP contribution in [0.2, 0.25) is 0 Å². The zero-order chi connectivity index (χ0) is 25.2. The Morgan fingerprint density at radius 1 is 0.943 bits per heavy atom. The van der Waals surface area contributed by atoms with Gasteiger partial charge < -0.3 is 25.6 Å². The molecule has 1 aliphatic rings. The molecule has 0 radical (unpaired) electrons. The summed E-state index contributed by atoms with van der Waals surface area (Å²) in [5.41, 5.74) is 4.30. The fourth-order valence-electron chi connectivity index (χ4n) is 4.26. The number of carbonyl (C=O) groups excluding carboxylic acids is 2. The predicted molar refractivity (Wildman–Crippen MR) is 127 cm³/mol. The van der Waals surface area contributed by atoms with E-state index >= 15 is 0 Å². The molecule has 35 heavy (non-hydrogen) atoms. The van der Waals surface area contributed by atoms with Crippen LogP contribution in [0.25, 0.3) is 11.1 Å². The first-order valence-electron chi connectivity index (χ1n) is 11.6. The van der Waals surface area contributed by atoms with Crippen molar-refractivity contribution >= 4 is 18.0 Å². The van der Waals surface area contributed by atoms with Crippen LogP contribution >= 0.6 is 0 Å². The van der Waals surface area contributed by atoms with Gasteiger partial charge in [0, 0.05) is 25.4 Å². The lowest BCUT2D eigenvalue weighted by molar-refractivity contribution is -0.142. The van der Waals surface area contributed by atoms with Gasteiger partial charge in [-0.05, 0) is 41.5 Å². The third kappa shape index (κ3) is 6.58. The molecule has 0 fully saturated rings. The number of carbonyl (C=O) groups is 3. The van der Waals surface area contributed by atoms with Gasteiger partial charge in [-0.1, -0.05) is 48.5 Å². The maximum absolute atomic E-state index is 12.7. The molecule has 2 amide bonds. The average molecular weight is 480 g/mol. The Morgan fingerprint density at radius 3 is 2.14 bits per heavy atom. The third-order valence-electron chi connectivity index (χ3n) is 6.02. The number of fused-ring (bicyclic) bond motifs is 3. The number of aliphatic hydroxyl groups is 1. The zero-order valence-corrected chi connectivity index (χ0v) is 19.3. The number of hydrogen-bond donors (Lipinski definition) is 4. The van der Waals surface area contributed by atoms with Crippen LogP contribution in [0.15, 0.2) is 48.5 Å². The summed E-state index contributed by atoms with van der Waals surface area (Å²) in [5, 5.41) is 31.9. The highest BCUT2D eigenvalue weighted by Gasteiger charge is 2.30. The minimum atomic E-state index is -1.28. The Labute approximate surface area is 203 Å². The lowest BCUT2D eigenvalue weighted by atomic mass is 9.98. The molecule has 2 atom stereocenters. The van der Waals surface area contributed by atoms with E-state index in [1.807, 2.05) is 54.6 Å². The van der Waals surface area contributed by atoms with E-state index in [9.17, 15) is 19.5 Å². The third-order valence-corrected chi connectivity index (χ3v) is 6.02. The lowest BCUT2D eigenvalue weighted by Gasteiger charge is -2.21. The number of ether oxygens (including phenoxy) is 1. The van der Waals surface area contributed by atoms with Gasteiger partial charge in [0.1, 0.15) is 18.7 Å². The maximum Gasteiger partial charge on any atom is 0.407 e. The van der Waals surface area contributed by atoms with Crippen molar-refractivity contribution in [1.82, 2.24) is 10.6 Å². The smallest absolute Gasteiger partial charge is 0.407 e.